The Balaban J connectivity index is 1.95. The maximum Gasteiger partial charge on any atom is 0.255 e. The lowest BCUT2D eigenvalue weighted by Crippen LogP contribution is -2.25. The van der Waals surface area contributed by atoms with Crippen LogP contribution < -0.4 is 10.1 Å². The number of carbonyl (C=O) groups is 1. The van der Waals surface area contributed by atoms with Gasteiger partial charge in [0.15, 0.2) is 0 Å². The van der Waals surface area contributed by atoms with E-state index < -0.39 is 0 Å². The van der Waals surface area contributed by atoms with Crippen LogP contribution >= 0.6 is 0 Å². The fourth-order valence-electron chi connectivity index (χ4n) is 3.61. The number of carbonyl (C=O) groups excluding carboxylic acids is 1. The molecule has 1 aromatic rings. The molecule has 1 N–H and O–H groups in total. The third-order valence-electron chi connectivity index (χ3n) is 5.41. The van der Waals surface area contributed by atoms with Crippen molar-refractivity contribution in [3.05, 3.63) is 29.8 Å². The number of ether oxygens (including phenoxy) is 1. The Hall–Kier alpha value is -1.51. The molecule has 0 heterocycles. The molecule has 0 unspecified atom stereocenters. The van der Waals surface area contributed by atoms with Gasteiger partial charge < -0.3 is 10.1 Å². The fourth-order valence-corrected chi connectivity index (χ4v) is 3.61. The highest BCUT2D eigenvalue weighted by Crippen LogP contribution is 2.18. The van der Waals surface area contributed by atoms with Crippen molar-refractivity contribution >= 4 is 5.91 Å². The predicted octanol–water partition coefficient (Wildman–Crippen LogP) is 7.69. The van der Waals surface area contributed by atoms with E-state index in [4.69, 9.17) is 4.74 Å². The normalized spacial score (nSPS) is 10.8. The summed E-state index contributed by atoms with van der Waals surface area (Å²) in [5.41, 5.74) is 0.645. The minimum atomic E-state index is -0.0219. The highest BCUT2D eigenvalue weighted by atomic mass is 16.5. The molecular formula is C26H45NO2. The van der Waals surface area contributed by atoms with Crippen molar-refractivity contribution < 1.29 is 9.53 Å². The molecule has 0 aliphatic heterocycles. The molecule has 0 fully saturated rings. The zero-order chi connectivity index (χ0) is 21.0. The van der Waals surface area contributed by atoms with E-state index in [1.165, 1.54) is 83.5 Å². The molecular weight excluding hydrogens is 358 g/mol. The highest BCUT2D eigenvalue weighted by molar-refractivity contribution is 5.96. The van der Waals surface area contributed by atoms with Gasteiger partial charge in [0.05, 0.1) is 12.2 Å². The van der Waals surface area contributed by atoms with Crippen molar-refractivity contribution in [3.8, 4) is 5.75 Å². The van der Waals surface area contributed by atoms with Gasteiger partial charge in [-0.25, -0.2) is 0 Å². The van der Waals surface area contributed by atoms with Gasteiger partial charge >= 0.3 is 0 Å². The van der Waals surface area contributed by atoms with Gasteiger partial charge in [-0.1, -0.05) is 109 Å². The number of amides is 1. The summed E-state index contributed by atoms with van der Waals surface area (Å²) in [5, 5.41) is 3.04. The summed E-state index contributed by atoms with van der Waals surface area (Å²) in [6.07, 6.45) is 19.9. The average molecular weight is 404 g/mol. The Kier molecular flexibility index (Phi) is 16.3. The number of hydrogen-bond acceptors (Lipinski definition) is 2. The van der Waals surface area contributed by atoms with Gasteiger partial charge in [0.1, 0.15) is 5.75 Å². The van der Waals surface area contributed by atoms with Gasteiger partial charge in [0.2, 0.25) is 0 Å². The van der Waals surface area contributed by atoms with Gasteiger partial charge in [-0.05, 0) is 25.0 Å². The summed E-state index contributed by atoms with van der Waals surface area (Å²) < 4.78 is 5.68. The Bertz CT molecular complexity index is 515. The van der Waals surface area contributed by atoms with E-state index in [0.29, 0.717) is 17.9 Å². The topological polar surface area (TPSA) is 38.3 Å². The summed E-state index contributed by atoms with van der Waals surface area (Å²) in [6, 6.07) is 7.51. The molecule has 1 aromatic carbocycles. The SMILES string of the molecule is CCCCCCCCCCCCCCCCNC(=O)c1ccccc1OCCC. The summed E-state index contributed by atoms with van der Waals surface area (Å²) >= 11 is 0. The molecule has 29 heavy (non-hydrogen) atoms. The lowest BCUT2D eigenvalue weighted by atomic mass is 10.0. The van der Waals surface area contributed by atoms with Crippen molar-refractivity contribution in [3.63, 3.8) is 0 Å². The van der Waals surface area contributed by atoms with Crippen LogP contribution in [0.2, 0.25) is 0 Å². The first kappa shape index (κ1) is 25.5. The van der Waals surface area contributed by atoms with Gasteiger partial charge in [0.25, 0.3) is 5.91 Å². The summed E-state index contributed by atoms with van der Waals surface area (Å²) in [4.78, 5) is 12.4. The predicted molar refractivity (Wildman–Crippen MR) is 125 cm³/mol. The molecule has 166 valence electrons. The fraction of sp³-hybridized carbons (Fsp3) is 0.731. The first-order chi connectivity index (χ1) is 14.3. The summed E-state index contributed by atoms with van der Waals surface area (Å²) in [6.45, 7) is 5.74. The zero-order valence-electron chi connectivity index (χ0n) is 19.1. The van der Waals surface area contributed by atoms with Crippen molar-refractivity contribution in [2.45, 2.75) is 110 Å². The largest absolute Gasteiger partial charge is 0.493 e. The molecule has 3 heteroatoms. The first-order valence-corrected chi connectivity index (χ1v) is 12.3. The highest BCUT2D eigenvalue weighted by Gasteiger charge is 2.11. The van der Waals surface area contributed by atoms with Crippen LogP contribution in [-0.2, 0) is 0 Å². The van der Waals surface area contributed by atoms with E-state index in [1.54, 1.807) is 0 Å². The molecule has 3 nitrogen and oxygen atoms in total. The summed E-state index contributed by atoms with van der Waals surface area (Å²) in [7, 11) is 0. The van der Waals surface area contributed by atoms with Crippen LogP contribution in [0.1, 0.15) is 121 Å². The monoisotopic (exact) mass is 403 g/mol. The van der Waals surface area contributed by atoms with E-state index in [2.05, 4.69) is 19.2 Å². The van der Waals surface area contributed by atoms with Crippen molar-refractivity contribution in [2.24, 2.45) is 0 Å². The third kappa shape index (κ3) is 13.4. The molecule has 0 atom stereocenters. The smallest absolute Gasteiger partial charge is 0.255 e. The third-order valence-corrected chi connectivity index (χ3v) is 5.41. The van der Waals surface area contributed by atoms with E-state index in [0.717, 1.165) is 19.4 Å². The van der Waals surface area contributed by atoms with E-state index >= 15 is 0 Å². The number of hydrogen-bond donors (Lipinski definition) is 1. The van der Waals surface area contributed by atoms with Crippen molar-refractivity contribution in [1.29, 1.82) is 0 Å². The molecule has 0 aliphatic carbocycles. The van der Waals surface area contributed by atoms with Crippen LogP contribution in [0.4, 0.5) is 0 Å². The zero-order valence-corrected chi connectivity index (χ0v) is 19.1. The van der Waals surface area contributed by atoms with Crippen LogP contribution in [-0.4, -0.2) is 19.1 Å². The van der Waals surface area contributed by atoms with Crippen LogP contribution in [0, 0.1) is 0 Å². The lowest BCUT2D eigenvalue weighted by molar-refractivity contribution is 0.0949. The van der Waals surface area contributed by atoms with Crippen LogP contribution in [0.15, 0.2) is 24.3 Å². The number of rotatable bonds is 19. The van der Waals surface area contributed by atoms with Crippen LogP contribution in [0.3, 0.4) is 0 Å². The van der Waals surface area contributed by atoms with Gasteiger partial charge in [-0.3, -0.25) is 4.79 Å². The maximum atomic E-state index is 12.4. The second-order valence-electron chi connectivity index (χ2n) is 8.20. The Morgan fingerprint density at radius 2 is 1.24 bits per heavy atom. The molecule has 0 radical (unpaired) electrons. The van der Waals surface area contributed by atoms with E-state index in [9.17, 15) is 4.79 Å². The molecule has 0 saturated carbocycles. The molecule has 0 spiro atoms. The number of benzene rings is 1. The lowest BCUT2D eigenvalue weighted by Gasteiger charge is -2.11. The minimum Gasteiger partial charge on any atom is -0.493 e. The van der Waals surface area contributed by atoms with Crippen molar-refractivity contribution in [2.75, 3.05) is 13.2 Å². The molecule has 0 aliphatic rings. The molecule has 0 saturated heterocycles. The van der Waals surface area contributed by atoms with E-state index in [1.807, 2.05) is 24.3 Å². The van der Waals surface area contributed by atoms with E-state index in [-0.39, 0.29) is 5.91 Å². The van der Waals surface area contributed by atoms with Gasteiger partial charge in [-0.15, -0.1) is 0 Å². The Morgan fingerprint density at radius 3 is 1.79 bits per heavy atom. The minimum absolute atomic E-state index is 0.0219. The maximum absolute atomic E-state index is 12.4. The first-order valence-electron chi connectivity index (χ1n) is 12.3. The average Bonchev–Trinajstić information content (AvgIpc) is 2.75. The van der Waals surface area contributed by atoms with Crippen LogP contribution in [0.25, 0.3) is 0 Å². The van der Waals surface area contributed by atoms with Crippen LogP contribution in [0.5, 0.6) is 5.75 Å². The number of para-hydroxylation sites is 1. The summed E-state index contributed by atoms with van der Waals surface area (Å²) in [5.74, 6) is 0.666. The molecule has 1 rings (SSSR count). The molecule has 0 aromatic heterocycles. The van der Waals surface area contributed by atoms with Gasteiger partial charge in [0, 0.05) is 6.54 Å². The second-order valence-corrected chi connectivity index (χ2v) is 8.20. The number of nitrogens with one attached hydrogen (secondary N) is 1. The van der Waals surface area contributed by atoms with Gasteiger partial charge in [-0.2, -0.15) is 0 Å². The Labute approximate surface area is 180 Å². The van der Waals surface area contributed by atoms with Crippen molar-refractivity contribution in [1.82, 2.24) is 5.32 Å². The number of unbranched alkanes of at least 4 members (excludes halogenated alkanes) is 13. The quantitative estimate of drug-likeness (QED) is 0.240. The molecule has 0 bridgehead atoms. The standard InChI is InChI=1S/C26H45NO2/c1-3-5-6-7-8-9-10-11-12-13-14-15-16-19-22-27-26(28)24-20-17-18-21-25(24)29-23-4-2/h17-18,20-21H,3-16,19,22-23H2,1-2H3,(H,27,28). The Morgan fingerprint density at radius 1 is 0.724 bits per heavy atom. The second kappa shape index (κ2) is 18.5. The molecule has 1 amide bonds.